The standard InChI is InChI=1S/C24H21ClF3N3O/c1-14-5-10-20-19(11-14)21(13-22(31-20)24(26,27)28)29-17-3-2-4-18(12-17)30-23(32)15-6-8-16(25)9-7-15/h5-13,17H,2-4H2,1H3,(H,29,31)(H,30,32)/t17-/m0/s1. The molecule has 3 aromatic rings. The van der Waals surface area contributed by atoms with Gasteiger partial charge in [0.05, 0.1) is 5.52 Å². The van der Waals surface area contributed by atoms with E-state index in [9.17, 15) is 18.0 Å². The fourth-order valence-electron chi connectivity index (χ4n) is 3.76. The molecule has 1 atom stereocenters. The van der Waals surface area contributed by atoms with Crippen molar-refractivity contribution < 1.29 is 18.0 Å². The van der Waals surface area contributed by atoms with Crippen molar-refractivity contribution in [3.8, 4) is 0 Å². The average molecular weight is 460 g/mol. The van der Waals surface area contributed by atoms with Gasteiger partial charge in [-0.15, -0.1) is 0 Å². The zero-order valence-corrected chi connectivity index (χ0v) is 18.0. The first-order chi connectivity index (χ1) is 15.2. The molecular formula is C24H21ClF3N3O. The Bertz CT molecular complexity index is 1190. The quantitative estimate of drug-likeness (QED) is 0.468. The second-order valence-electron chi connectivity index (χ2n) is 7.87. The van der Waals surface area contributed by atoms with Crippen LogP contribution < -0.4 is 10.6 Å². The number of nitrogens with one attached hydrogen (secondary N) is 2. The van der Waals surface area contributed by atoms with Crippen LogP contribution in [0.4, 0.5) is 18.9 Å². The van der Waals surface area contributed by atoms with Crippen LogP contribution in [0, 0.1) is 6.92 Å². The molecule has 0 radical (unpaired) electrons. The lowest BCUT2D eigenvalue weighted by Gasteiger charge is -2.24. The summed E-state index contributed by atoms with van der Waals surface area (Å²) in [5, 5.41) is 7.30. The number of carbonyl (C=O) groups is 1. The number of alkyl halides is 3. The maximum atomic E-state index is 13.4. The maximum Gasteiger partial charge on any atom is 0.433 e. The minimum Gasteiger partial charge on any atom is -0.378 e. The minimum absolute atomic E-state index is 0.225. The highest BCUT2D eigenvalue weighted by atomic mass is 35.5. The van der Waals surface area contributed by atoms with Gasteiger partial charge in [-0.3, -0.25) is 4.79 Å². The average Bonchev–Trinajstić information content (AvgIpc) is 2.74. The fourth-order valence-corrected chi connectivity index (χ4v) is 3.89. The molecule has 4 rings (SSSR count). The second-order valence-corrected chi connectivity index (χ2v) is 8.31. The molecule has 1 aliphatic carbocycles. The Labute approximate surface area is 188 Å². The first-order valence-electron chi connectivity index (χ1n) is 10.2. The van der Waals surface area contributed by atoms with Crippen molar-refractivity contribution in [2.24, 2.45) is 0 Å². The number of benzene rings is 2. The Kier molecular flexibility index (Phi) is 6.11. The molecule has 1 amide bonds. The lowest BCUT2D eigenvalue weighted by molar-refractivity contribution is -0.140. The number of carbonyl (C=O) groups excluding carboxylic acids is 1. The van der Waals surface area contributed by atoms with E-state index in [1.165, 1.54) is 0 Å². The van der Waals surface area contributed by atoms with E-state index in [-0.39, 0.29) is 17.5 Å². The van der Waals surface area contributed by atoms with Crippen LogP contribution >= 0.6 is 11.6 Å². The number of halogens is 4. The third kappa shape index (κ3) is 5.05. The van der Waals surface area contributed by atoms with Crippen LogP contribution in [0.1, 0.15) is 40.9 Å². The molecule has 2 aromatic carbocycles. The van der Waals surface area contributed by atoms with E-state index in [0.29, 0.717) is 28.1 Å². The second kappa shape index (κ2) is 8.82. The van der Waals surface area contributed by atoms with E-state index in [1.54, 1.807) is 36.4 Å². The lowest BCUT2D eigenvalue weighted by atomic mass is 9.98. The monoisotopic (exact) mass is 459 g/mol. The summed E-state index contributed by atoms with van der Waals surface area (Å²) >= 11 is 5.87. The Hall–Kier alpha value is -3.06. The number of pyridine rings is 1. The highest BCUT2D eigenvalue weighted by molar-refractivity contribution is 6.30. The van der Waals surface area contributed by atoms with Crippen molar-refractivity contribution in [3.05, 3.63) is 82.1 Å². The molecule has 8 heteroatoms. The number of amides is 1. The number of aromatic nitrogens is 1. The summed E-state index contributed by atoms with van der Waals surface area (Å²) in [5.74, 6) is -0.252. The molecule has 1 aromatic heterocycles. The van der Waals surface area contributed by atoms with Crippen molar-refractivity contribution in [2.75, 3.05) is 5.32 Å². The van der Waals surface area contributed by atoms with E-state index < -0.39 is 11.9 Å². The zero-order chi connectivity index (χ0) is 22.9. The Balaban J connectivity index is 1.59. The number of fused-ring (bicyclic) bond motifs is 1. The highest BCUT2D eigenvalue weighted by Crippen LogP contribution is 2.34. The highest BCUT2D eigenvalue weighted by Gasteiger charge is 2.33. The molecule has 2 N–H and O–H groups in total. The predicted molar refractivity (Wildman–Crippen MR) is 120 cm³/mol. The van der Waals surface area contributed by atoms with Gasteiger partial charge in [-0.1, -0.05) is 23.2 Å². The fraction of sp³-hybridized carbons (Fsp3) is 0.250. The van der Waals surface area contributed by atoms with Crippen LogP contribution in [-0.4, -0.2) is 16.9 Å². The van der Waals surface area contributed by atoms with Gasteiger partial charge in [0.2, 0.25) is 0 Å². The molecule has 0 aliphatic heterocycles. The van der Waals surface area contributed by atoms with E-state index in [1.807, 2.05) is 19.1 Å². The number of aryl methyl sites for hydroxylation is 1. The van der Waals surface area contributed by atoms with Gasteiger partial charge < -0.3 is 10.6 Å². The Morgan fingerprint density at radius 3 is 2.59 bits per heavy atom. The van der Waals surface area contributed by atoms with Crippen LogP contribution in [0.15, 0.2) is 60.3 Å². The van der Waals surface area contributed by atoms with Crippen LogP contribution in [-0.2, 0) is 6.18 Å². The van der Waals surface area contributed by atoms with Crippen LogP contribution in [0.25, 0.3) is 10.9 Å². The lowest BCUT2D eigenvalue weighted by Crippen LogP contribution is -2.29. The SMILES string of the molecule is Cc1ccc2nc(C(F)(F)F)cc(N[C@@H]3C=C(NC(=O)c4ccc(Cl)cc4)CCC3)c2c1. The minimum atomic E-state index is -4.55. The molecule has 0 bridgehead atoms. The Morgan fingerprint density at radius 2 is 1.88 bits per heavy atom. The van der Waals surface area contributed by atoms with Gasteiger partial charge >= 0.3 is 6.18 Å². The number of anilines is 1. The molecule has 1 aliphatic rings. The van der Waals surface area contributed by atoms with E-state index in [0.717, 1.165) is 30.2 Å². The third-order valence-electron chi connectivity index (χ3n) is 5.34. The van der Waals surface area contributed by atoms with E-state index in [2.05, 4.69) is 15.6 Å². The van der Waals surface area contributed by atoms with Gasteiger partial charge in [0, 0.05) is 33.4 Å². The van der Waals surface area contributed by atoms with E-state index in [4.69, 9.17) is 11.6 Å². The number of hydrogen-bond donors (Lipinski definition) is 2. The molecular weight excluding hydrogens is 439 g/mol. The number of rotatable bonds is 4. The van der Waals surface area contributed by atoms with Crippen LogP contribution in [0.3, 0.4) is 0 Å². The molecule has 0 spiro atoms. The van der Waals surface area contributed by atoms with Gasteiger partial charge in [-0.25, -0.2) is 4.98 Å². The molecule has 0 saturated carbocycles. The van der Waals surface area contributed by atoms with Gasteiger partial charge in [0.15, 0.2) is 0 Å². The topological polar surface area (TPSA) is 54.0 Å². The van der Waals surface area contributed by atoms with Crippen LogP contribution in [0.5, 0.6) is 0 Å². The summed E-state index contributed by atoms with van der Waals surface area (Å²) < 4.78 is 40.2. The summed E-state index contributed by atoms with van der Waals surface area (Å²) in [5.41, 5.74) is 1.86. The smallest absolute Gasteiger partial charge is 0.378 e. The molecule has 4 nitrogen and oxygen atoms in total. The summed E-state index contributed by atoms with van der Waals surface area (Å²) in [6.45, 7) is 1.88. The predicted octanol–water partition coefficient (Wildman–Crippen LogP) is 6.49. The summed E-state index contributed by atoms with van der Waals surface area (Å²) in [7, 11) is 0. The van der Waals surface area contributed by atoms with Gasteiger partial charge in [0.25, 0.3) is 5.91 Å². The molecule has 0 fully saturated rings. The van der Waals surface area contributed by atoms with Crippen molar-refractivity contribution in [1.29, 1.82) is 0 Å². The van der Waals surface area contributed by atoms with Gasteiger partial charge in [0.1, 0.15) is 5.69 Å². The first kappa shape index (κ1) is 22.1. The number of hydrogen-bond acceptors (Lipinski definition) is 3. The molecule has 0 saturated heterocycles. The summed E-state index contributed by atoms with van der Waals surface area (Å²) in [4.78, 5) is 16.3. The van der Waals surface area contributed by atoms with Crippen molar-refractivity contribution in [2.45, 2.75) is 38.4 Å². The summed E-state index contributed by atoms with van der Waals surface area (Å²) in [6.07, 6.45) is -0.473. The number of allylic oxidation sites excluding steroid dienone is 1. The third-order valence-corrected chi connectivity index (χ3v) is 5.59. The first-order valence-corrected chi connectivity index (χ1v) is 10.6. The van der Waals surface area contributed by atoms with Crippen LogP contribution in [0.2, 0.25) is 5.02 Å². The maximum absolute atomic E-state index is 13.4. The van der Waals surface area contributed by atoms with Crippen molar-refractivity contribution in [3.63, 3.8) is 0 Å². The molecule has 1 heterocycles. The molecule has 32 heavy (non-hydrogen) atoms. The van der Waals surface area contributed by atoms with Crippen molar-refractivity contribution >= 4 is 34.1 Å². The number of nitrogens with zero attached hydrogens (tertiary/aromatic N) is 1. The Morgan fingerprint density at radius 1 is 1.12 bits per heavy atom. The largest absolute Gasteiger partial charge is 0.433 e. The zero-order valence-electron chi connectivity index (χ0n) is 17.3. The normalized spacial score (nSPS) is 16.5. The van der Waals surface area contributed by atoms with E-state index >= 15 is 0 Å². The van der Waals surface area contributed by atoms with Gasteiger partial charge in [-0.2, -0.15) is 13.2 Å². The molecule has 166 valence electrons. The van der Waals surface area contributed by atoms with Gasteiger partial charge in [-0.05, 0) is 74.7 Å². The summed E-state index contributed by atoms with van der Waals surface area (Å²) in [6, 6.07) is 12.6. The molecule has 0 unspecified atom stereocenters. The van der Waals surface area contributed by atoms with Crippen molar-refractivity contribution in [1.82, 2.24) is 10.3 Å².